The van der Waals surface area contributed by atoms with Crippen LogP contribution in [0.2, 0.25) is 0 Å². The lowest BCUT2D eigenvalue weighted by molar-refractivity contribution is -0.121. The molecule has 1 N–H and O–H groups in total. The van der Waals surface area contributed by atoms with Crippen molar-refractivity contribution in [3.8, 4) is 0 Å². The zero-order valence-electron chi connectivity index (χ0n) is 8.72. The molecule has 0 saturated heterocycles. The molecular weight excluding hydrogens is 254 g/mol. The van der Waals surface area contributed by atoms with E-state index >= 15 is 0 Å². The quantitative estimate of drug-likeness (QED) is 0.877. The summed E-state index contributed by atoms with van der Waals surface area (Å²) in [6, 6.07) is 6.51. The van der Waals surface area contributed by atoms with Crippen LogP contribution in [0.3, 0.4) is 0 Å². The van der Waals surface area contributed by atoms with Crippen LogP contribution in [0.4, 0.5) is 0 Å². The first kappa shape index (κ1) is 10.7. The van der Waals surface area contributed by atoms with Gasteiger partial charge in [-0.2, -0.15) is 0 Å². The lowest BCUT2D eigenvalue weighted by Gasteiger charge is -2.13. The summed E-state index contributed by atoms with van der Waals surface area (Å²) in [6.07, 6.45) is 2.64. The number of carbonyl (C=O) groups excluding carboxylic acids is 1. The molecule has 1 aliphatic carbocycles. The molecule has 0 unspecified atom stereocenters. The second-order valence-electron chi connectivity index (χ2n) is 3.86. The van der Waals surface area contributed by atoms with E-state index in [4.69, 9.17) is 0 Å². The maximum atomic E-state index is 11.3. The molecular formula is C12H14BrNO. The number of nitrogens with one attached hydrogen (secondary N) is 1. The van der Waals surface area contributed by atoms with Crippen molar-refractivity contribution in [2.45, 2.75) is 32.2 Å². The molecule has 2 rings (SSSR count). The number of hydrogen-bond acceptors (Lipinski definition) is 1. The number of halogens is 1. The molecule has 0 radical (unpaired) electrons. The van der Waals surface area contributed by atoms with Crippen LogP contribution in [0.1, 0.15) is 36.9 Å². The number of amides is 1. The molecule has 0 saturated carbocycles. The summed E-state index contributed by atoms with van der Waals surface area (Å²) in [6.45, 7) is 1.88. The molecule has 0 aromatic heterocycles. The van der Waals surface area contributed by atoms with Gasteiger partial charge in [0.25, 0.3) is 0 Å². The van der Waals surface area contributed by atoms with Crippen molar-refractivity contribution < 1.29 is 4.79 Å². The maximum absolute atomic E-state index is 11.3. The minimum absolute atomic E-state index is 0.135. The van der Waals surface area contributed by atoms with Gasteiger partial charge in [0.15, 0.2) is 0 Å². The van der Waals surface area contributed by atoms with E-state index in [-0.39, 0.29) is 11.9 Å². The molecule has 1 amide bonds. The Labute approximate surface area is 98.2 Å². The van der Waals surface area contributed by atoms with Gasteiger partial charge in [0, 0.05) is 10.9 Å². The van der Waals surface area contributed by atoms with Gasteiger partial charge in [0.2, 0.25) is 5.91 Å². The van der Waals surface area contributed by atoms with Crippen LogP contribution < -0.4 is 5.32 Å². The highest BCUT2D eigenvalue weighted by Crippen LogP contribution is 2.32. The highest BCUT2D eigenvalue weighted by atomic mass is 79.9. The molecule has 80 valence electrons. The van der Waals surface area contributed by atoms with Crippen LogP contribution >= 0.6 is 15.9 Å². The molecule has 2 nitrogen and oxygen atoms in total. The summed E-state index contributed by atoms with van der Waals surface area (Å²) in [7, 11) is 0. The number of carbonyl (C=O) groups is 1. The van der Waals surface area contributed by atoms with E-state index in [1.807, 2.05) is 13.0 Å². The molecule has 1 aromatic rings. The predicted molar refractivity (Wildman–Crippen MR) is 63.6 cm³/mol. The van der Waals surface area contributed by atoms with Gasteiger partial charge in [-0.3, -0.25) is 4.79 Å². The molecule has 0 aliphatic heterocycles. The van der Waals surface area contributed by atoms with Crippen molar-refractivity contribution in [1.82, 2.24) is 5.32 Å². The Hall–Kier alpha value is -0.830. The van der Waals surface area contributed by atoms with Crippen LogP contribution in [0.5, 0.6) is 0 Å². The average molecular weight is 268 g/mol. The number of aryl methyl sites for hydroxylation is 1. The smallest absolute Gasteiger partial charge is 0.220 e. The summed E-state index contributed by atoms with van der Waals surface area (Å²) in [5.74, 6) is 0.135. The van der Waals surface area contributed by atoms with Gasteiger partial charge in [-0.1, -0.05) is 28.9 Å². The van der Waals surface area contributed by atoms with Gasteiger partial charge in [-0.05, 0) is 36.1 Å². The number of benzene rings is 1. The molecule has 15 heavy (non-hydrogen) atoms. The highest BCUT2D eigenvalue weighted by Gasteiger charge is 2.23. The van der Waals surface area contributed by atoms with E-state index in [0.717, 1.165) is 17.3 Å². The first-order valence-electron chi connectivity index (χ1n) is 5.28. The van der Waals surface area contributed by atoms with Gasteiger partial charge in [-0.25, -0.2) is 0 Å². The standard InChI is InChI=1S/C12H14BrNO/c1-2-12(15)14-11-6-3-8-7-9(13)4-5-10(8)11/h4-5,7,11H,2-3,6H2,1H3,(H,14,15)/t11-/m0/s1. The summed E-state index contributed by atoms with van der Waals surface area (Å²) < 4.78 is 1.11. The van der Waals surface area contributed by atoms with Gasteiger partial charge in [0.1, 0.15) is 0 Å². The van der Waals surface area contributed by atoms with E-state index in [1.54, 1.807) is 0 Å². The fraction of sp³-hybridized carbons (Fsp3) is 0.417. The molecule has 1 atom stereocenters. The van der Waals surface area contributed by atoms with Gasteiger partial charge in [0.05, 0.1) is 6.04 Å². The fourth-order valence-corrected chi connectivity index (χ4v) is 2.44. The summed E-state index contributed by atoms with van der Waals surface area (Å²) in [4.78, 5) is 11.3. The predicted octanol–water partition coefficient (Wildman–Crippen LogP) is 2.96. The van der Waals surface area contributed by atoms with Crippen molar-refractivity contribution in [2.24, 2.45) is 0 Å². The lowest BCUT2D eigenvalue weighted by atomic mass is 10.1. The Morgan fingerprint density at radius 2 is 2.40 bits per heavy atom. The van der Waals surface area contributed by atoms with Crippen LogP contribution in [0, 0.1) is 0 Å². The summed E-state index contributed by atoms with van der Waals surface area (Å²) in [5, 5.41) is 3.05. The van der Waals surface area contributed by atoms with Gasteiger partial charge < -0.3 is 5.32 Å². The molecule has 0 bridgehead atoms. The van der Waals surface area contributed by atoms with Crippen LogP contribution in [0.25, 0.3) is 0 Å². The van der Waals surface area contributed by atoms with Crippen molar-refractivity contribution in [3.05, 3.63) is 33.8 Å². The Morgan fingerprint density at radius 1 is 1.60 bits per heavy atom. The Balaban J connectivity index is 2.18. The first-order valence-corrected chi connectivity index (χ1v) is 6.07. The highest BCUT2D eigenvalue weighted by molar-refractivity contribution is 9.10. The van der Waals surface area contributed by atoms with E-state index in [1.165, 1.54) is 11.1 Å². The second-order valence-corrected chi connectivity index (χ2v) is 4.77. The maximum Gasteiger partial charge on any atom is 0.220 e. The minimum Gasteiger partial charge on any atom is -0.349 e. The largest absolute Gasteiger partial charge is 0.349 e. The van der Waals surface area contributed by atoms with Crippen LogP contribution in [0.15, 0.2) is 22.7 Å². The third-order valence-corrected chi connectivity index (χ3v) is 3.33. The van der Waals surface area contributed by atoms with Crippen LogP contribution in [-0.2, 0) is 11.2 Å². The topological polar surface area (TPSA) is 29.1 Å². The third-order valence-electron chi connectivity index (χ3n) is 2.84. The van der Waals surface area contributed by atoms with Gasteiger partial charge >= 0.3 is 0 Å². The van der Waals surface area contributed by atoms with E-state index in [0.29, 0.717) is 6.42 Å². The molecule has 0 heterocycles. The number of rotatable bonds is 2. The minimum atomic E-state index is 0.135. The van der Waals surface area contributed by atoms with Crippen LogP contribution in [-0.4, -0.2) is 5.91 Å². The Kier molecular flexibility index (Phi) is 3.10. The van der Waals surface area contributed by atoms with E-state index in [2.05, 4.69) is 33.4 Å². The molecule has 1 aromatic carbocycles. The van der Waals surface area contributed by atoms with Crippen molar-refractivity contribution in [2.75, 3.05) is 0 Å². The van der Waals surface area contributed by atoms with E-state index < -0.39 is 0 Å². The summed E-state index contributed by atoms with van der Waals surface area (Å²) in [5.41, 5.74) is 2.63. The van der Waals surface area contributed by atoms with Gasteiger partial charge in [-0.15, -0.1) is 0 Å². The third kappa shape index (κ3) is 2.23. The normalized spacial score (nSPS) is 18.7. The average Bonchev–Trinajstić information content (AvgIpc) is 2.60. The number of hydrogen-bond donors (Lipinski definition) is 1. The van der Waals surface area contributed by atoms with Crippen molar-refractivity contribution in [3.63, 3.8) is 0 Å². The lowest BCUT2D eigenvalue weighted by Crippen LogP contribution is -2.26. The Morgan fingerprint density at radius 3 is 3.13 bits per heavy atom. The second kappa shape index (κ2) is 4.35. The van der Waals surface area contributed by atoms with Crippen molar-refractivity contribution >= 4 is 21.8 Å². The molecule has 0 spiro atoms. The SMILES string of the molecule is CCC(=O)N[C@H]1CCc2cc(Br)ccc21. The zero-order valence-corrected chi connectivity index (χ0v) is 10.3. The number of fused-ring (bicyclic) bond motifs is 1. The summed E-state index contributed by atoms with van der Waals surface area (Å²) >= 11 is 3.46. The fourth-order valence-electron chi connectivity index (χ4n) is 2.03. The molecule has 0 fully saturated rings. The molecule has 3 heteroatoms. The first-order chi connectivity index (χ1) is 7.20. The Bertz CT molecular complexity index is 389. The zero-order chi connectivity index (χ0) is 10.8. The van der Waals surface area contributed by atoms with E-state index in [9.17, 15) is 4.79 Å². The molecule has 1 aliphatic rings. The van der Waals surface area contributed by atoms with Crippen molar-refractivity contribution in [1.29, 1.82) is 0 Å². The monoisotopic (exact) mass is 267 g/mol.